The van der Waals surface area contributed by atoms with Crippen LogP contribution >= 0.6 is 12.2 Å². The van der Waals surface area contributed by atoms with E-state index in [4.69, 9.17) is 12.2 Å². The predicted octanol–water partition coefficient (Wildman–Crippen LogP) is 2.09. The van der Waals surface area contributed by atoms with Crippen LogP contribution in [-0.2, 0) is 0 Å². The normalized spacial score (nSPS) is 17.3. The molecule has 4 heteroatoms. The van der Waals surface area contributed by atoms with E-state index < -0.39 is 0 Å². The molecule has 2 aromatic rings. The average Bonchev–Trinajstić information content (AvgIpc) is 2.82. The maximum Gasteiger partial charge on any atom is 0.125 e. The van der Waals surface area contributed by atoms with Crippen LogP contribution in [0.4, 0.5) is 0 Å². The third kappa shape index (κ3) is 2.13. The quantitative estimate of drug-likeness (QED) is 0.793. The number of fused-ring (bicyclic) bond motifs is 1. The molecule has 1 N–H and O–H groups in total. The lowest BCUT2D eigenvalue weighted by Gasteiger charge is -2.33. The van der Waals surface area contributed by atoms with Gasteiger partial charge < -0.3 is 14.8 Å². The number of aromatic amines is 1. The Balaban J connectivity index is 1.83. The molecule has 0 saturated carbocycles. The fraction of sp³-hybridized carbons (Fsp3) is 0.357. The molecule has 0 bridgehead atoms. The average molecular weight is 259 g/mol. The molecule has 0 aliphatic carbocycles. The standard InChI is InChI=1S/C14H17N3S/c1-16-6-8-17(9-7-16)14(18)13-10-11-4-2-3-5-12(11)15-13/h2-5,10,15H,6-9H2,1H3. The van der Waals surface area contributed by atoms with Gasteiger partial charge in [-0.05, 0) is 19.2 Å². The minimum atomic E-state index is 0.944. The van der Waals surface area contributed by atoms with Gasteiger partial charge in [-0.2, -0.15) is 0 Å². The van der Waals surface area contributed by atoms with Crippen molar-refractivity contribution in [3.8, 4) is 0 Å². The van der Waals surface area contributed by atoms with Crippen molar-refractivity contribution in [1.29, 1.82) is 0 Å². The highest BCUT2D eigenvalue weighted by Gasteiger charge is 2.18. The Kier molecular flexibility index (Phi) is 3.06. The number of nitrogens with zero attached hydrogens (tertiary/aromatic N) is 2. The van der Waals surface area contributed by atoms with Gasteiger partial charge in [0.1, 0.15) is 4.99 Å². The van der Waals surface area contributed by atoms with E-state index in [1.54, 1.807) is 0 Å². The first-order chi connectivity index (χ1) is 8.74. The topological polar surface area (TPSA) is 22.3 Å². The maximum atomic E-state index is 5.60. The van der Waals surface area contributed by atoms with Crippen molar-refractivity contribution < 1.29 is 0 Å². The van der Waals surface area contributed by atoms with Gasteiger partial charge in [0.2, 0.25) is 0 Å². The third-order valence-electron chi connectivity index (χ3n) is 3.55. The Morgan fingerprint density at radius 3 is 2.61 bits per heavy atom. The van der Waals surface area contributed by atoms with Crippen molar-refractivity contribution in [3.05, 3.63) is 36.0 Å². The molecule has 0 spiro atoms. The van der Waals surface area contributed by atoms with Crippen LogP contribution < -0.4 is 0 Å². The molecule has 0 radical (unpaired) electrons. The van der Waals surface area contributed by atoms with Crippen LogP contribution in [0, 0.1) is 0 Å². The van der Waals surface area contributed by atoms with E-state index in [-0.39, 0.29) is 0 Å². The molecular weight excluding hydrogens is 242 g/mol. The first kappa shape index (κ1) is 11.7. The Hall–Kier alpha value is -1.39. The molecule has 0 amide bonds. The van der Waals surface area contributed by atoms with E-state index in [9.17, 15) is 0 Å². The van der Waals surface area contributed by atoms with E-state index in [1.165, 1.54) is 5.39 Å². The summed E-state index contributed by atoms with van der Waals surface area (Å²) in [6, 6.07) is 10.4. The van der Waals surface area contributed by atoms with Crippen LogP contribution in [0.3, 0.4) is 0 Å². The molecule has 18 heavy (non-hydrogen) atoms. The van der Waals surface area contributed by atoms with E-state index in [2.05, 4.69) is 46.1 Å². The number of piperazine rings is 1. The Morgan fingerprint density at radius 2 is 1.89 bits per heavy atom. The van der Waals surface area contributed by atoms with E-state index in [1.807, 2.05) is 6.07 Å². The lowest BCUT2D eigenvalue weighted by Crippen LogP contribution is -2.46. The van der Waals surface area contributed by atoms with Gasteiger partial charge in [0.05, 0.1) is 5.69 Å². The van der Waals surface area contributed by atoms with Crippen molar-refractivity contribution >= 4 is 28.1 Å². The summed E-state index contributed by atoms with van der Waals surface area (Å²) in [6.07, 6.45) is 0. The van der Waals surface area contributed by atoms with Crippen LogP contribution in [0.1, 0.15) is 5.69 Å². The van der Waals surface area contributed by atoms with Crippen LogP contribution in [0.25, 0.3) is 10.9 Å². The van der Waals surface area contributed by atoms with Crippen LogP contribution in [-0.4, -0.2) is 53.0 Å². The highest BCUT2D eigenvalue weighted by molar-refractivity contribution is 7.80. The minimum absolute atomic E-state index is 0.944. The number of rotatable bonds is 1. The molecule has 1 aromatic carbocycles. The second-order valence-corrected chi connectivity index (χ2v) is 5.25. The molecule has 1 fully saturated rings. The highest BCUT2D eigenvalue weighted by Crippen LogP contribution is 2.17. The monoisotopic (exact) mass is 259 g/mol. The van der Waals surface area contributed by atoms with Crippen LogP contribution in [0.15, 0.2) is 30.3 Å². The first-order valence-corrected chi connectivity index (χ1v) is 6.70. The summed E-state index contributed by atoms with van der Waals surface area (Å²) in [5.41, 5.74) is 2.22. The highest BCUT2D eigenvalue weighted by atomic mass is 32.1. The summed E-state index contributed by atoms with van der Waals surface area (Å²) in [7, 11) is 2.16. The van der Waals surface area contributed by atoms with Crippen LogP contribution in [0.2, 0.25) is 0 Å². The minimum Gasteiger partial charge on any atom is -0.359 e. The number of benzene rings is 1. The van der Waals surface area contributed by atoms with Gasteiger partial charge in [0, 0.05) is 37.1 Å². The SMILES string of the molecule is CN1CCN(C(=S)c2cc3ccccc3[nH]2)CC1. The number of thiocarbonyl (C=S) groups is 1. The number of hydrogen-bond acceptors (Lipinski definition) is 2. The molecule has 0 atom stereocenters. The van der Waals surface area contributed by atoms with E-state index in [0.29, 0.717) is 0 Å². The molecule has 3 rings (SSSR count). The van der Waals surface area contributed by atoms with Gasteiger partial charge >= 0.3 is 0 Å². The lowest BCUT2D eigenvalue weighted by molar-refractivity contribution is 0.217. The Morgan fingerprint density at radius 1 is 1.17 bits per heavy atom. The number of hydrogen-bond donors (Lipinski definition) is 1. The van der Waals surface area contributed by atoms with Crippen molar-refractivity contribution in [2.45, 2.75) is 0 Å². The van der Waals surface area contributed by atoms with E-state index >= 15 is 0 Å². The van der Waals surface area contributed by atoms with Gasteiger partial charge in [-0.15, -0.1) is 0 Å². The molecule has 94 valence electrons. The van der Waals surface area contributed by atoms with Gasteiger partial charge in [-0.25, -0.2) is 0 Å². The zero-order chi connectivity index (χ0) is 12.5. The number of aromatic nitrogens is 1. The van der Waals surface area contributed by atoms with Gasteiger partial charge in [-0.3, -0.25) is 0 Å². The smallest absolute Gasteiger partial charge is 0.125 e. The molecule has 1 aliphatic rings. The Labute approximate surface area is 112 Å². The first-order valence-electron chi connectivity index (χ1n) is 6.29. The lowest BCUT2D eigenvalue weighted by atomic mass is 10.2. The predicted molar refractivity (Wildman–Crippen MR) is 79.1 cm³/mol. The zero-order valence-corrected chi connectivity index (χ0v) is 11.3. The number of H-pyrrole nitrogens is 1. The summed E-state index contributed by atoms with van der Waals surface area (Å²) in [5.74, 6) is 0. The second-order valence-electron chi connectivity index (χ2n) is 4.87. The number of likely N-dealkylation sites (N-methyl/N-ethyl adjacent to an activating group) is 1. The molecular formula is C14H17N3S. The number of para-hydroxylation sites is 1. The number of nitrogens with one attached hydrogen (secondary N) is 1. The molecule has 0 unspecified atom stereocenters. The second kappa shape index (κ2) is 4.71. The largest absolute Gasteiger partial charge is 0.359 e. The summed E-state index contributed by atoms with van der Waals surface area (Å²) in [5, 5.41) is 1.23. The molecule has 1 saturated heterocycles. The van der Waals surface area contributed by atoms with Crippen molar-refractivity contribution in [2.24, 2.45) is 0 Å². The summed E-state index contributed by atoms with van der Waals surface area (Å²) in [6.45, 7) is 4.20. The third-order valence-corrected chi connectivity index (χ3v) is 4.03. The Bertz CT molecular complexity index is 534. The van der Waals surface area contributed by atoms with E-state index in [0.717, 1.165) is 42.4 Å². The van der Waals surface area contributed by atoms with Crippen molar-refractivity contribution in [1.82, 2.24) is 14.8 Å². The van der Waals surface area contributed by atoms with Crippen LogP contribution in [0.5, 0.6) is 0 Å². The van der Waals surface area contributed by atoms with Crippen molar-refractivity contribution in [2.75, 3.05) is 33.2 Å². The summed E-state index contributed by atoms with van der Waals surface area (Å²) < 4.78 is 0. The van der Waals surface area contributed by atoms with Gasteiger partial charge in [-0.1, -0.05) is 30.4 Å². The molecule has 1 aliphatic heterocycles. The zero-order valence-electron chi connectivity index (χ0n) is 10.5. The van der Waals surface area contributed by atoms with Gasteiger partial charge in [0.15, 0.2) is 0 Å². The van der Waals surface area contributed by atoms with Gasteiger partial charge in [0.25, 0.3) is 0 Å². The maximum absolute atomic E-state index is 5.60. The fourth-order valence-electron chi connectivity index (χ4n) is 2.37. The molecule has 1 aromatic heterocycles. The summed E-state index contributed by atoms with van der Waals surface area (Å²) in [4.78, 5) is 8.98. The molecule has 3 nitrogen and oxygen atoms in total. The molecule has 2 heterocycles. The summed E-state index contributed by atoms with van der Waals surface area (Å²) >= 11 is 5.60. The van der Waals surface area contributed by atoms with Crippen molar-refractivity contribution in [3.63, 3.8) is 0 Å². The fourth-order valence-corrected chi connectivity index (χ4v) is 2.66.